The highest BCUT2D eigenvalue weighted by Crippen LogP contribution is 2.07. The van der Waals surface area contributed by atoms with Crippen LogP contribution in [0.4, 0.5) is 5.69 Å². The van der Waals surface area contributed by atoms with Crippen LogP contribution in [-0.4, -0.2) is 23.5 Å². The number of carboxylic acids is 1. The second-order valence-corrected chi connectivity index (χ2v) is 4.63. The van der Waals surface area contributed by atoms with Crippen LogP contribution in [0, 0.1) is 0 Å². The van der Waals surface area contributed by atoms with Crippen molar-refractivity contribution in [3.63, 3.8) is 0 Å². The van der Waals surface area contributed by atoms with E-state index in [-0.39, 0.29) is 11.5 Å². The summed E-state index contributed by atoms with van der Waals surface area (Å²) in [7, 11) is 0. The number of anilines is 1. The molecule has 0 aromatic heterocycles. The van der Waals surface area contributed by atoms with E-state index in [0.29, 0.717) is 24.2 Å². The first-order valence-corrected chi connectivity index (χ1v) is 6.52. The summed E-state index contributed by atoms with van der Waals surface area (Å²) in [5, 5.41) is 11.6. The van der Waals surface area contributed by atoms with Gasteiger partial charge in [0.05, 0.1) is 5.56 Å². The lowest BCUT2D eigenvalue weighted by atomic mass is 10.1. The van der Waals surface area contributed by atoms with Gasteiger partial charge < -0.3 is 16.2 Å². The van der Waals surface area contributed by atoms with Gasteiger partial charge in [-0.3, -0.25) is 4.79 Å². The zero-order valence-electron chi connectivity index (χ0n) is 11.4. The third kappa shape index (κ3) is 4.07. The zero-order valence-corrected chi connectivity index (χ0v) is 11.4. The molecule has 0 aliphatic heterocycles. The van der Waals surface area contributed by atoms with E-state index in [9.17, 15) is 9.59 Å². The van der Waals surface area contributed by atoms with Gasteiger partial charge >= 0.3 is 5.97 Å². The summed E-state index contributed by atoms with van der Waals surface area (Å²) in [6.45, 7) is 0.472. The highest BCUT2D eigenvalue weighted by atomic mass is 16.4. The maximum Gasteiger partial charge on any atom is 0.335 e. The van der Waals surface area contributed by atoms with Gasteiger partial charge in [-0.05, 0) is 42.3 Å². The summed E-state index contributed by atoms with van der Waals surface area (Å²) in [4.78, 5) is 22.6. The smallest absolute Gasteiger partial charge is 0.335 e. The average molecular weight is 284 g/mol. The van der Waals surface area contributed by atoms with Crippen molar-refractivity contribution < 1.29 is 14.7 Å². The van der Waals surface area contributed by atoms with Crippen molar-refractivity contribution in [2.75, 3.05) is 12.3 Å². The Morgan fingerprint density at radius 2 is 1.76 bits per heavy atom. The second kappa shape index (κ2) is 6.56. The second-order valence-electron chi connectivity index (χ2n) is 4.63. The molecule has 0 aliphatic carbocycles. The number of carbonyl (C=O) groups excluding carboxylic acids is 1. The lowest BCUT2D eigenvalue weighted by Gasteiger charge is -2.06. The van der Waals surface area contributed by atoms with E-state index in [1.54, 1.807) is 48.5 Å². The van der Waals surface area contributed by atoms with E-state index in [1.807, 2.05) is 0 Å². The number of nitrogen functional groups attached to an aromatic ring is 1. The fraction of sp³-hybridized carbons (Fsp3) is 0.125. The number of carboxylic acid groups (broad SMARTS) is 1. The van der Waals surface area contributed by atoms with Crippen LogP contribution < -0.4 is 11.1 Å². The third-order valence-corrected chi connectivity index (χ3v) is 3.05. The number of nitrogens with one attached hydrogen (secondary N) is 1. The number of carbonyl (C=O) groups is 2. The number of nitrogens with two attached hydrogens (primary N) is 1. The zero-order chi connectivity index (χ0) is 15.2. The maximum atomic E-state index is 11.9. The minimum atomic E-state index is -0.948. The molecule has 21 heavy (non-hydrogen) atoms. The van der Waals surface area contributed by atoms with Gasteiger partial charge in [-0.2, -0.15) is 0 Å². The van der Waals surface area contributed by atoms with Crippen molar-refractivity contribution >= 4 is 17.6 Å². The van der Waals surface area contributed by atoms with E-state index >= 15 is 0 Å². The minimum absolute atomic E-state index is 0.176. The van der Waals surface area contributed by atoms with E-state index in [4.69, 9.17) is 10.8 Å². The Kier molecular flexibility index (Phi) is 4.56. The fourth-order valence-electron chi connectivity index (χ4n) is 1.92. The number of aromatic carboxylic acids is 1. The summed E-state index contributed by atoms with van der Waals surface area (Å²) in [6, 6.07) is 13.4. The third-order valence-electron chi connectivity index (χ3n) is 3.05. The molecule has 1 amide bonds. The molecule has 5 heteroatoms. The van der Waals surface area contributed by atoms with Crippen LogP contribution >= 0.6 is 0 Å². The first-order chi connectivity index (χ1) is 10.1. The van der Waals surface area contributed by atoms with Crippen molar-refractivity contribution in [3.05, 3.63) is 65.2 Å². The van der Waals surface area contributed by atoms with Gasteiger partial charge in [-0.1, -0.05) is 18.2 Å². The molecular formula is C16H16N2O3. The van der Waals surface area contributed by atoms with Crippen LogP contribution in [0.25, 0.3) is 0 Å². The molecule has 4 N–H and O–H groups in total. The molecule has 0 aliphatic rings. The summed E-state index contributed by atoms with van der Waals surface area (Å²) in [6.07, 6.45) is 0.633. The molecule has 5 nitrogen and oxygen atoms in total. The van der Waals surface area contributed by atoms with Crippen molar-refractivity contribution in [2.24, 2.45) is 0 Å². The molecule has 0 atom stereocenters. The largest absolute Gasteiger partial charge is 0.478 e. The van der Waals surface area contributed by atoms with E-state index in [1.165, 1.54) is 0 Å². The van der Waals surface area contributed by atoms with Crippen LogP contribution in [-0.2, 0) is 6.42 Å². The Morgan fingerprint density at radius 3 is 2.38 bits per heavy atom. The van der Waals surface area contributed by atoms with Gasteiger partial charge in [0.1, 0.15) is 0 Å². The van der Waals surface area contributed by atoms with Crippen LogP contribution in [0.2, 0.25) is 0 Å². The normalized spacial score (nSPS) is 10.1. The SMILES string of the molecule is Nc1cccc(C(=O)NCCc2ccc(C(=O)O)cc2)c1. The predicted octanol–water partition coefficient (Wildman–Crippen LogP) is 1.94. The molecule has 0 fully saturated rings. The molecule has 2 aromatic rings. The first kappa shape index (κ1) is 14.6. The highest BCUT2D eigenvalue weighted by molar-refractivity contribution is 5.95. The summed E-state index contributed by atoms with van der Waals surface area (Å²) < 4.78 is 0. The van der Waals surface area contributed by atoms with E-state index < -0.39 is 5.97 Å². The molecule has 0 spiro atoms. The molecule has 0 unspecified atom stereocenters. The molecule has 0 radical (unpaired) electrons. The maximum absolute atomic E-state index is 11.9. The van der Waals surface area contributed by atoms with Crippen molar-refractivity contribution in [3.8, 4) is 0 Å². The lowest BCUT2D eigenvalue weighted by molar-refractivity contribution is 0.0696. The van der Waals surface area contributed by atoms with Crippen molar-refractivity contribution in [1.29, 1.82) is 0 Å². The number of rotatable bonds is 5. The quantitative estimate of drug-likeness (QED) is 0.731. The molecule has 0 saturated carbocycles. The minimum Gasteiger partial charge on any atom is -0.478 e. The summed E-state index contributed by atoms with van der Waals surface area (Å²) in [5.74, 6) is -1.12. The number of amides is 1. The van der Waals surface area contributed by atoms with Gasteiger partial charge in [0.25, 0.3) is 5.91 Å². The molecule has 2 aromatic carbocycles. The van der Waals surface area contributed by atoms with Gasteiger partial charge in [-0.15, -0.1) is 0 Å². The Hall–Kier alpha value is -2.82. The van der Waals surface area contributed by atoms with E-state index in [2.05, 4.69) is 5.32 Å². The molecule has 0 bridgehead atoms. The summed E-state index contributed by atoms with van der Waals surface area (Å²) in [5.41, 5.74) is 7.92. The lowest BCUT2D eigenvalue weighted by Crippen LogP contribution is -2.25. The number of hydrogen-bond donors (Lipinski definition) is 3. The first-order valence-electron chi connectivity index (χ1n) is 6.52. The van der Waals surface area contributed by atoms with Crippen LogP contribution in [0.5, 0.6) is 0 Å². The van der Waals surface area contributed by atoms with E-state index in [0.717, 1.165) is 5.56 Å². The monoisotopic (exact) mass is 284 g/mol. The molecule has 108 valence electrons. The van der Waals surface area contributed by atoms with Gasteiger partial charge in [0, 0.05) is 17.8 Å². The van der Waals surface area contributed by atoms with Crippen molar-refractivity contribution in [1.82, 2.24) is 5.32 Å². The van der Waals surface area contributed by atoms with Gasteiger partial charge in [0.2, 0.25) is 0 Å². The predicted molar refractivity (Wildman–Crippen MR) is 80.3 cm³/mol. The Morgan fingerprint density at radius 1 is 1.05 bits per heavy atom. The highest BCUT2D eigenvalue weighted by Gasteiger charge is 2.05. The molecule has 0 heterocycles. The summed E-state index contributed by atoms with van der Waals surface area (Å²) >= 11 is 0. The Balaban J connectivity index is 1.86. The van der Waals surface area contributed by atoms with Crippen LogP contribution in [0.15, 0.2) is 48.5 Å². The number of hydrogen-bond acceptors (Lipinski definition) is 3. The van der Waals surface area contributed by atoms with Crippen LogP contribution in [0.1, 0.15) is 26.3 Å². The van der Waals surface area contributed by atoms with Crippen LogP contribution in [0.3, 0.4) is 0 Å². The standard InChI is InChI=1S/C16H16N2O3/c17-14-3-1-2-13(10-14)15(19)18-9-8-11-4-6-12(7-5-11)16(20)21/h1-7,10H,8-9,17H2,(H,18,19)(H,20,21). The molecule has 0 saturated heterocycles. The fourth-order valence-corrected chi connectivity index (χ4v) is 1.92. The molecular weight excluding hydrogens is 268 g/mol. The Bertz CT molecular complexity index is 651. The van der Waals surface area contributed by atoms with Gasteiger partial charge in [0.15, 0.2) is 0 Å². The van der Waals surface area contributed by atoms with Gasteiger partial charge in [-0.25, -0.2) is 4.79 Å². The Labute approximate surface area is 122 Å². The molecule has 2 rings (SSSR count). The topological polar surface area (TPSA) is 92.4 Å². The van der Waals surface area contributed by atoms with Crippen molar-refractivity contribution in [2.45, 2.75) is 6.42 Å². The number of benzene rings is 2. The average Bonchev–Trinajstić information content (AvgIpc) is 2.47.